The van der Waals surface area contributed by atoms with Crippen LogP contribution in [0.1, 0.15) is 11.9 Å². The van der Waals surface area contributed by atoms with Gasteiger partial charge in [0.2, 0.25) is 0 Å². The number of nitrogens with zero attached hydrogens (tertiary/aromatic N) is 3. The first-order valence-corrected chi connectivity index (χ1v) is 5.67. The van der Waals surface area contributed by atoms with Gasteiger partial charge in [-0.1, -0.05) is 6.07 Å². The molecule has 1 aromatic carbocycles. The minimum atomic E-state index is -0.702. The highest BCUT2D eigenvalue weighted by molar-refractivity contribution is 5.59. The quantitative estimate of drug-likeness (QED) is 0.658. The van der Waals surface area contributed by atoms with Gasteiger partial charge in [0.15, 0.2) is 11.9 Å². The van der Waals surface area contributed by atoms with Crippen LogP contribution in [0.5, 0.6) is 0 Å². The van der Waals surface area contributed by atoms with E-state index in [4.69, 9.17) is 25.3 Å². The van der Waals surface area contributed by atoms with Crippen molar-refractivity contribution in [1.29, 1.82) is 15.8 Å². The summed E-state index contributed by atoms with van der Waals surface area (Å²) in [5.74, 6) is -0.646. The molecule has 0 radical (unpaired) electrons. The van der Waals surface area contributed by atoms with Crippen molar-refractivity contribution < 1.29 is 13.9 Å². The first kappa shape index (κ1) is 16.1. The minimum Gasteiger partial charge on any atom is -0.352 e. The molecule has 0 amide bonds. The second kappa shape index (κ2) is 7.62. The Labute approximate surface area is 121 Å². The van der Waals surface area contributed by atoms with Crippen LogP contribution in [0.3, 0.4) is 0 Å². The molecule has 106 valence electrons. The second-order valence-electron chi connectivity index (χ2n) is 3.75. The molecule has 0 saturated carbocycles. The van der Waals surface area contributed by atoms with E-state index in [9.17, 15) is 4.39 Å². The van der Waals surface area contributed by atoms with Gasteiger partial charge in [-0.25, -0.2) is 4.39 Å². The fourth-order valence-corrected chi connectivity index (χ4v) is 1.57. The van der Waals surface area contributed by atoms with Gasteiger partial charge in [-0.05, 0) is 12.1 Å². The summed E-state index contributed by atoms with van der Waals surface area (Å²) in [6.45, 7) is 0. The molecule has 0 bridgehead atoms. The Morgan fingerprint density at radius 3 is 2.24 bits per heavy atom. The second-order valence-corrected chi connectivity index (χ2v) is 3.75. The number of ether oxygens (including phenoxy) is 2. The Balaban J connectivity index is 3.24. The van der Waals surface area contributed by atoms with Crippen LogP contribution in [0.2, 0.25) is 0 Å². The van der Waals surface area contributed by atoms with Crippen LogP contribution in [0.4, 0.5) is 10.1 Å². The lowest BCUT2D eigenvalue weighted by Crippen LogP contribution is -2.07. The monoisotopic (exact) mass is 286 g/mol. The molecular weight excluding hydrogens is 275 g/mol. The molecule has 0 unspecified atom stereocenters. The highest BCUT2D eigenvalue weighted by atomic mass is 19.1. The van der Waals surface area contributed by atoms with Crippen molar-refractivity contribution in [2.75, 3.05) is 19.5 Å². The van der Waals surface area contributed by atoms with Gasteiger partial charge in [-0.3, -0.25) is 0 Å². The summed E-state index contributed by atoms with van der Waals surface area (Å²) in [6, 6.07) is 8.77. The van der Waals surface area contributed by atoms with Gasteiger partial charge in [-0.2, -0.15) is 15.8 Å². The van der Waals surface area contributed by atoms with Crippen LogP contribution in [0.25, 0.3) is 0 Å². The highest BCUT2D eigenvalue weighted by Gasteiger charge is 2.14. The van der Waals surface area contributed by atoms with Crippen molar-refractivity contribution in [3.8, 4) is 18.2 Å². The summed E-state index contributed by atoms with van der Waals surface area (Å²) in [4.78, 5) is 0. The maximum atomic E-state index is 13.8. The molecule has 0 spiro atoms. The Bertz CT molecular complexity index is 660. The lowest BCUT2D eigenvalue weighted by molar-refractivity contribution is -0.106. The fraction of sp³-hybridized carbons (Fsp3) is 0.214. The van der Waals surface area contributed by atoms with E-state index in [2.05, 4.69) is 5.32 Å². The summed E-state index contributed by atoms with van der Waals surface area (Å²) < 4.78 is 23.9. The number of nitrogens with one attached hydrogen (secondary N) is 1. The number of anilines is 1. The van der Waals surface area contributed by atoms with Crippen molar-refractivity contribution in [2.24, 2.45) is 0 Å². The Morgan fingerprint density at radius 1 is 1.14 bits per heavy atom. The lowest BCUT2D eigenvalue weighted by atomic mass is 10.1. The Morgan fingerprint density at radius 2 is 1.76 bits per heavy atom. The summed E-state index contributed by atoms with van der Waals surface area (Å²) in [5.41, 5.74) is -0.317. The van der Waals surface area contributed by atoms with Crippen molar-refractivity contribution in [1.82, 2.24) is 0 Å². The third-order valence-corrected chi connectivity index (χ3v) is 2.54. The van der Waals surface area contributed by atoms with E-state index in [1.165, 1.54) is 26.4 Å². The molecule has 0 aromatic heterocycles. The largest absolute Gasteiger partial charge is 0.352 e. The van der Waals surface area contributed by atoms with Gasteiger partial charge in [0, 0.05) is 19.8 Å². The third-order valence-electron chi connectivity index (χ3n) is 2.54. The number of rotatable bonds is 5. The van der Waals surface area contributed by atoms with Gasteiger partial charge in [0.25, 0.3) is 0 Å². The molecule has 21 heavy (non-hydrogen) atoms. The number of halogens is 1. The average Bonchev–Trinajstić information content (AvgIpc) is 2.51. The van der Waals surface area contributed by atoms with E-state index < -0.39 is 17.7 Å². The van der Waals surface area contributed by atoms with Crippen molar-refractivity contribution in [2.45, 2.75) is 6.29 Å². The molecule has 1 N–H and O–H groups in total. The minimum absolute atomic E-state index is 0.0638. The summed E-state index contributed by atoms with van der Waals surface area (Å²) in [6.07, 6.45) is -0.702. The SMILES string of the molecule is COC(OC)c1ccc(F)c(NC(C#N)=C(C#N)C#N)c1. The smallest absolute Gasteiger partial charge is 0.183 e. The summed E-state index contributed by atoms with van der Waals surface area (Å²) in [7, 11) is 2.85. The number of nitriles is 3. The van der Waals surface area contributed by atoms with Crippen LogP contribution < -0.4 is 5.32 Å². The van der Waals surface area contributed by atoms with Crippen molar-refractivity contribution in [3.05, 3.63) is 40.8 Å². The lowest BCUT2D eigenvalue weighted by Gasteiger charge is -2.15. The highest BCUT2D eigenvalue weighted by Crippen LogP contribution is 2.24. The maximum Gasteiger partial charge on any atom is 0.183 e. The zero-order valence-electron chi connectivity index (χ0n) is 11.3. The molecule has 0 aliphatic heterocycles. The van der Waals surface area contributed by atoms with Crippen molar-refractivity contribution >= 4 is 5.69 Å². The van der Waals surface area contributed by atoms with Crippen LogP contribution in [0, 0.1) is 39.8 Å². The predicted molar refractivity (Wildman–Crippen MR) is 70.6 cm³/mol. The van der Waals surface area contributed by atoms with E-state index >= 15 is 0 Å². The zero-order chi connectivity index (χ0) is 15.8. The molecule has 0 heterocycles. The van der Waals surface area contributed by atoms with Gasteiger partial charge in [0.05, 0.1) is 5.69 Å². The molecule has 0 fully saturated rings. The molecule has 0 saturated heterocycles. The molecule has 7 heteroatoms. The molecule has 1 aromatic rings. The molecular formula is C14H11FN4O2. The van der Waals surface area contributed by atoms with E-state index in [1.807, 2.05) is 0 Å². The van der Waals surface area contributed by atoms with Crippen LogP contribution >= 0.6 is 0 Å². The Hall–Kier alpha value is -2.92. The van der Waals surface area contributed by atoms with Crippen LogP contribution in [0.15, 0.2) is 29.5 Å². The maximum absolute atomic E-state index is 13.8. The topological polar surface area (TPSA) is 102 Å². The first-order chi connectivity index (χ1) is 10.1. The number of benzene rings is 1. The van der Waals surface area contributed by atoms with E-state index in [1.54, 1.807) is 18.2 Å². The third kappa shape index (κ3) is 3.77. The number of hydrogen-bond acceptors (Lipinski definition) is 6. The molecule has 0 aliphatic rings. The summed E-state index contributed by atoms with van der Waals surface area (Å²) >= 11 is 0. The number of allylic oxidation sites excluding steroid dienone is 2. The molecule has 1 rings (SSSR count). The van der Waals surface area contributed by atoms with E-state index in [0.717, 1.165) is 6.07 Å². The van der Waals surface area contributed by atoms with Crippen LogP contribution in [-0.2, 0) is 9.47 Å². The molecule has 0 aliphatic carbocycles. The van der Waals surface area contributed by atoms with Gasteiger partial charge in [0.1, 0.15) is 29.7 Å². The normalized spacial score (nSPS) is 9.38. The van der Waals surface area contributed by atoms with Gasteiger partial charge in [-0.15, -0.1) is 0 Å². The fourth-order valence-electron chi connectivity index (χ4n) is 1.57. The number of methoxy groups -OCH3 is 2. The molecule has 0 atom stereocenters. The Kier molecular flexibility index (Phi) is 5.85. The predicted octanol–water partition coefficient (Wildman–Crippen LogP) is 2.35. The van der Waals surface area contributed by atoms with Crippen molar-refractivity contribution in [3.63, 3.8) is 0 Å². The number of hydrogen-bond donors (Lipinski definition) is 1. The zero-order valence-corrected chi connectivity index (χ0v) is 11.3. The first-order valence-electron chi connectivity index (χ1n) is 5.67. The van der Waals surface area contributed by atoms with E-state index in [0.29, 0.717) is 5.56 Å². The molecule has 6 nitrogen and oxygen atoms in total. The van der Waals surface area contributed by atoms with Gasteiger partial charge < -0.3 is 14.8 Å². The summed E-state index contributed by atoms with van der Waals surface area (Å²) in [5, 5.41) is 28.8. The standard InChI is InChI=1S/C14H11FN4O2/c1-20-14(21-2)9-3-4-11(15)12(5-9)19-13(8-18)10(6-16)7-17/h3-5,14,19H,1-2H3. The van der Waals surface area contributed by atoms with E-state index in [-0.39, 0.29) is 11.4 Å². The van der Waals surface area contributed by atoms with Crippen LogP contribution in [-0.4, -0.2) is 14.2 Å². The average molecular weight is 286 g/mol. The van der Waals surface area contributed by atoms with Gasteiger partial charge >= 0.3 is 0 Å².